The minimum absolute atomic E-state index is 0.0612. The van der Waals surface area contributed by atoms with Crippen molar-refractivity contribution < 1.29 is 9.53 Å². The normalized spacial score (nSPS) is 24.2. The lowest BCUT2D eigenvalue weighted by Gasteiger charge is -2.21. The van der Waals surface area contributed by atoms with Crippen LogP contribution in [-0.2, 0) is 11.2 Å². The average Bonchev–Trinajstić information content (AvgIpc) is 2.59. The van der Waals surface area contributed by atoms with Crippen molar-refractivity contribution in [3.8, 4) is 5.75 Å². The Morgan fingerprint density at radius 1 is 1.38 bits per heavy atom. The molecule has 86 valence electrons. The quantitative estimate of drug-likeness (QED) is 0.841. The highest BCUT2D eigenvalue weighted by molar-refractivity contribution is 5.79. The first kappa shape index (κ1) is 11.0. The van der Waals surface area contributed by atoms with E-state index in [2.05, 4.69) is 24.4 Å². The van der Waals surface area contributed by atoms with E-state index in [1.54, 1.807) is 7.11 Å². The summed E-state index contributed by atoms with van der Waals surface area (Å²) in [4.78, 5) is 11.2. The van der Waals surface area contributed by atoms with Crippen molar-refractivity contribution in [2.24, 2.45) is 5.41 Å². The molecule has 1 atom stereocenters. The summed E-state index contributed by atoms with van der Waals surface area (Å²) in [7, 11) is 1.66. The summed E-state index contributed by atoms with van der Waals surface area (Å²) in [5, 5.41) is 2.89. The van der Waals surface area contributed by atoms with Gasteiger partial charge in [-0.15, -0.1) is 0 Å². The first-order valence-electron chi connectivity index (χ1n) is 5.51. The first-order valence-corrected chi connectivity index (χ1v) is 5.51. The van der Waals surface area contributed by atoms with Crippen LogP contribution in [0.15, 0.2) is 24.3 Å². The van der Waals surface area contributed by atoms with Gasteiger partial charge in [0.2, 0.25) is 5.91 Å². The number of benzene rings is 1. The third-order valence-electron chi connectivity index (χ3n) is 3.09. The maximum atomic E-state index is 11.2. The van der Waals surface area contributed by atoms with Gasteiger partial charge < -0.3 is 10.1 Å². The second kappa shape index (κ2) is 4.16. The predicted molar refractivity (Wildman–Crippen MR) is 62.4 cm³/mol. The number of amides is 1. The van der Waals surface area contributed by atoms with Crippen molar-refractivity contribution in [1.29, 1.82) is 0 Å². The molecule has 3 heteroatoms. The molecule has 1 aliphatic heterocycles. The minimum Gasteiger partial charge on any atom is -0.497 e. The van der Waals surface area contributed by atoms with E-state index in [1.165, 1.54) is 5.56 Å². The Morgan fingerprint density at radius 2 is 2.06 bits per heavy atom. The Morgan fingerprint density at radius 3 is 2.56 bits per heavy atom. The zero-order valence-corrected chi connectivity index (χ0v) is 9.75. The van der Waals surface area contributed by atoms with Crippen LogP contribution in [0.5, 0.6) is 5.75 Å². The Balaban J connectivity index is 2.06. The monoisotopic (exact) mass is 219 g/mol. The maximum absolute atomic E-state index is 11.2. The van der Waals surface area contributed by atoms with Crippen LogP contribution >= 0.6 is 0 Å². The van der Waals surface area contributed by atoms with E-state index in [9.17, 15) is 4.79 Å². The molecule has 3 nitrogen and oxygen atoms in total. The summed E-state index contributed by atoms with van der Waals surface area (Å²) >= 11 is 0. The Hall–Kier alpha value is -1.51. The van der Waals surface area contributed by atoms with Crippen LogP contribution in [0.1, 0.15) is 18.9 Å². The van der Waals surface area contributed by atoms with Crippen LogP contribution in [0.3, 0.4) is 0 Å². The highest BCUT2D eigenvalue weighted by Gasteiger charge is 2.33. The molecule has 1 aromatic rings. The number of methoxy groups -OCH3 is 1. The number of nitrogens with one attached hydrogen (secondary N) is 1. The van der Waals surface area contributed by atoms with Gasteiger partial charge in [0.1, 0.15) is 5.75 Å². The molecule has 1 unspecified atom stereocenters. The van der Waals surface area contributed by atoms with Crippen LogP contribution < -0.4 is 10.1 Å². The fraction of sp³-hybridized carbons (Fsp3) is 0.462. The van der Waals surface area contributed by atoms with Gasteiger partial charge in [0.15, 0.2) is 0 Å². The summed E-state index contributed by atoms with van der Waals surface area (Å²) in [5.41, 5.74) is 1.31. The topological polar surface area (TPSA) is 38.3 Å². The fourth-order valence-corrected chi connectivity index (χ4v) is 2.19. The van der Waals surface area contributed by atoms with Crippen molar-refractivity contribution in [3.05, 3.63) is 29.8 Å². The molecule has 0 aliphatic carbocycles. The maximum Gasteiger partial charge on any atom is 0.220 e. The Kier molecular flexibility index (Phi) is 2.86. The molecular formula is C13H17NO2. The molecule has 1 heterocycles. The number of carbonyl (C=O) groups is 1. The van der Waals surface area contributed by atoms with Crippen LogP contribution in [0.2, 0.25) is 0 Å². The molecule has 1 aliphatic rings. The van der Waals surface area contributed by atoms with Crippen molar-refractivity contribution in [2.75, 3.05) is 13.7 Å². The zero-order valence-electron chi connectivity index (χ0n) is 9.75. The van der Waals surface area contributed by atoms with Gasteiger partial charge in [-0.3, -0.25) is 4.79 Å². The van der Waals surface area contributed by atoms with Crippen LogP contribution in [0.4, 0.5) is 0 Å². The molecule has 2 rings (SSSR count). The van der Waals surface area contributed by atoms with Crippen LogP contribution in [0, 0.1) is 5.41 Å². The average molecular weight is 219 g/mol. The van der Waals surface area contributed by atoms with Crippen molar-refractivity contribution >= 4 is 5.91 Å². The van der Waals surface area contributed by atoms with E-state index >= 15 is 0 Å². The largest absolute Gasteiger partial charge is 0.497 e. The summed E-state index contributed by atoms with van der Waals surface area (Å²) in [6, 6.07) is 8.05. The first-order chi connectivity index (χ1) is 7.61. The van der Waals surface area contributed by atoms with E-state index in [1.807, 2.05) is 12.1 Å². The number of carbonyl (C=O) groups excluding carboxylic acids is 1. The summed E-state index contributed by atoms with van der Waals surface area (Å²) in [6.07, 6.45) is 1.55. The summed E-state index contributed by atoms with van der Waals surface area (Å²) in [6.45, 7) is 2.92. The smallest absolute Gasteiger partial charge is 0.220 e. The van der Waals surface area contributed by atoms with Gasteiger partial charge in [-0.05, 0) is 29.5 Å². The van der Waals surface area contributed by atoms with E-state index < -0.39 is 0 Å². The Labute approximate surface area is 95.8 Å². The lowest BCUT2D eigenvalue weighted by molar-refractivity contribution is -0.119. The third kappa shape index (κ3) is 2.35. The lowest BCUT2D eigenvalue weighted by atomic mass is 9.83. The molecular weight excluding hydrogens is 202 g/mol. The molecule has 0 bridgehead atoms. The predicted octanol–water partition coefficient (Wildman–Crippen LogP) is 1.76. The fourth-order valence-electron chi connectivity index (χ4n) is 2.19. The highest BCUT2D eigenvalue weighted by atomic mass is 16.5. The lowest BCUT2D eigenvalue weighted by Crippen LogP contribution is -2.22. The minimum atomic E-state index is 0.0612. The second-order valence-corrected chi connectivity index (χ2v) is 4.79. The molecule has 0 radical (unpaired) electrons. The van der Waals surface area contributed by atoms with Gasteiger partial charge in [0, 0.05) is 13.0 Å². The molecule has 0 spiro atoms. The molecule has 1 fully saturated rings. The van der Waals surface area contributed by atoms with Crippen LogP contribution in [0.25, 0.3) is 0 Å². The number of hydrogen-bond donors (Lipinski definition) is 1. The summed E-state index contributed by atoms with van der Waals surface area (Å²) < 4.78 is 5.11. The SMILES string of the molecule is COc1ccc(CC2(C)CNC(=O)C2)cc1. The van der Waals surface area contributed by atoms with Crippen molar-refractivity contribution in [1.82, 2.24) is 5.32 Å². The number of hydrogen-bond acceptors (Lipinski definition) is 2. The summed E-state index contributed by atoms with van der Waals surface area (Å²) in [5.74, 6) is 1.03. The molecule has 1 aromatic carbocycles. The van der Waals surface area contributed by atoms with Gasteiger partial charge in [-0.1, -0.05) is 19.1 Å². The third-order valence-corrected chi connectivity index (χ3v) is 3.09. The van der Waals surface area contributed by atoms with Gasteiger partial charge >= 0.3 is 0 Å². The van der Waals surface area contributed by atoms with E-state index in [4.69, 9.17) is 4.74 Å². The molecule has 1 amide bonds. The molecule has 1 N–H and O–H groups in total. The molecule has 0 saturated carbocycles. The van der Waals surface area contributed by atoms with E-state index in [0.717, 1.165) is 18.7 Å². The second-order valence-electron chi connectivity index (χ2n) is 4.79. The number of ether oxygens (including phenoxy) is 1. The van der Waals surface area contributed by atoms with Crippen molar-refractivity contribution in [2.45, 2.75) is 19.8 Å². The Bertz CT molecular complexity index is 385. The van der Waals surface area contributed by atoms with Gasteiger partial charge in [0.25, 0.3) is 0 Å². The molecule has 16 heavy (non-hydrogen) atoms. The highest BCUT2D eigenvalue weighted by Crippen LogP contribution is 2.30. The van der Waals surface area contributed by atoms with Crippen LogP contribution in [-0.4, -0.2) is 19.6 Å². The van der Waals surface area contributed by atoms with E-state index in [0.29, 0.717) is 6.42 Å². The van der Waals surface area contributed by atoms with Gasteiger partial charge in [-0.25, -0.2) is 0 Å². The van der Waals surface area contributed by atoms with E-state index in [-0.39, 0.29) is 11.3 Å². The molecule has 0 aromatic heterocycles. The van der Waals surface area contributed by atoms with Crippen molar-refractivity contribution in [3.63, 3.8) is 0 Å². The zero-order chi connectivity index (χ0) is 11.6. The molecule has 1 saturated heterocycles. The number of rotatable bonds is 3. The van der Waals surface area contributed by atoms with Gasteiger partial charge in [-0.2, -0.15) is 0 Å². The van der Waals surface area contributed by atoms with Gasteiger partial charge in [0.05, 0.1) is 7.11 Å². The standard InChI is InChI=1S/C13H17NO2/c1-13(8-12(15)14-9-13)7-10-3-5-11(16-2)6-4-10/h3-6H,7-9H2,1-2H3,(H,14,15).